The van der Waals surface area contributed by atoms with Gasteiger partial charge in [-0.15, -0.1) is 0 Å². The van der Waals surface area contributed by atoms with E-state index < -0.39 is 0 Å². The average molecular weight is 288 g/mol. The smallest absolute Gasteiger partial charge is 0.191 e. The minimum Gasteiger partial charge on any atom is -0.370 e. The summed E-state index contributed by atoms with van der Waals surface area (Å²) >= 11 is 1.54. The van der Waals surface area contributed by atoms with Crippen molar-refractivity contribution in [1.82, 2.24) is 9.97 Å². The van der Waals surface area contributed by atoms with Crippen molar-refractivity contribution >= 4 is 23.4 Å². The van der Waals surface area contributed by atoms with Crippen LogP contribution in [0.15, 0.2) is 35.5 Å². The topological polar surface area (TPSA) is 49.8 Å². The first-order valence-corrected chi connectivity index (χ1v) is 7.90. The van der Waals surface area contributed by atoms with Crippen molar-refractivity contribution in [2.24, 2.45) is 0 Å². The molecule has 1 aromatic carbocycles. The second kappa shape index (κ2) is 7.14. The molecule has 0 saturated heterocycles. The van der Waals surface area contributed by atoms with Crippen LogP contribution in [0.25, 0.3) is 0 Å². The van der Waals surface area contributed by atoms with Crippen molar-refractivity contribution in [3.8, 4) is 0 Å². The number of aromatic nitrogens is 2. The first-order chi connectivity index (χ1) is 9.71. The second-order valence-corrected chi connectivity index (χ2v) is 5.27. The predicted octanol–water partition coefficient (Wildman–Crippen LogP) is 3.55. The number of nitrogens with one attached hydrogen (secondary N) is 2. The van der Waals surface area contributed by atoms with E-state index in [1.807, 2.05) is 12.3 Å². The third-order valence-corrected chi connectivity index (χ3v) is 3.35. The Morgan fingerprint density at radius 3 is 2.50 bits per heavy atom. The van der Waals surface area contributed by atoms with E-state index in [0.717, 1.165) is 29.9 Å². The van der Waals surface area contributed by atoms with Gasteiger partial charge in [-0.25, -0.2) is 9.97 Å². The molecule has 1 heterocycles. The van der Waals surface area contributed by atoms with Crippen molar-refractivity contribution in [1.29, 1.82) is 0 Å². The number of benzene rings is 1. The fourth-order valence-electron chi connectivity index (χ4n) is 1.89. The number of anilines is 2. The Morgan fingerprint density at radius 1 is 1.10 bits per heavy atom. The Morgan fingerprint density at radius 2 is 1.85 bits per heavy atom. The summed E-state index contributed by atoms with van der Waals surface area (Å²) in [6, 6.07) is 10.4. The molecule has 2 N–H and O–H groups in total. The fraction of sp³-hybridized carbons (Fsp3) is 0.333. The van der Waals surface area contributed by atoms with Gasteiger partial charge in [0.2, 0.25) is 0 Å². The summed E-state index contributed by atoms with van der Waals surface area (Å²) in [5, 5.41) is 7.36. The lowest BCUT2D eigenvalue weighted by Crippen LogP contribution is -2.06. The number of rotatable bonds is 6. The normalized spacial score (nSPS) is 10.3. The molecule has 0 amide bonds. The molecule has 0 aliphatic heterocycles. The van der Waals surface area contributed by atoms with Crippen molar-refractivity contribution in [3.63, 3.8) is 0 Å². The van der Waals surface area contributed by atoms with Crippen molar-refractivity contribution in [3.05, 3.63) is 41.5 Å². The van der Waals surface area contributed by atoms with Gasteiger partial charge in [-0.2, -0.15) is 0 Å². The fourth-order valence-corrected chi connectivity index (χ4v) is 2.27. The van der Waals surface area contributed by atoms with E-state index in [2.05, 4.69) is 58.7 Å². The first kappa shape index (κ1) is 14.7. The van der Waals surface area contributed by atoms with E-state index in [1.165, 1.54) is 11.1 Å². The zero-order valence-corrected chi connectivity index (χ0v) is 12.9. The Balaban J connectivity index is 2.10. The van der Waals surface area contributed by atoms with E-state index in [-0.39, 0.29) is 0 Å². The molecule has 0 aliphatic rings. The summed E-state index contributed by atoms with van der Waals surface area (Å²) in [5.41, 5.74) is 2.52. The van der Waals surface area contributed by atoms with Gasteiger partial charge in [-0.05, 0) is 25.7 Å². The Hall–Kier alpha value is -1.75. The highest BCUT2D eigenvalue weighted by molar-refractivity contribution is 7.98. The molecule has 106 valence electrons. The monoisotopic (exact) mass is 288 g/mol. The van der Waals surface area contributed by atoms with Crippen LogP contribution < -0.4 is 10.6 Å². The van der Waals surface area contributed by atoms with Crippen LogP contribution in [0.5, 0.6) is 0 Å². The molecular formula is C15H20N4S. The van der Waals surface area contributed by atoms with E-state index in [1.54, 1.807) is 11.8 Å². The maximum absolute atomic E-state index is 4.47. The quantitative estimate of drug-likeness (QED) is 0.629. The molecule has 0 fully saturated rings. The molecule has 0 atom stereocenters. The molecular weight excluding hydrogens is 268 g/mol. The molecule has 5 heteroatoms. The molecule has 1 aromatic heterocycles. The summed E-state index contributed by atoms with van der Waals surface area (Å²) in [6.45, 7) is 5.77. The molecule has 0 unspecified atom stereocenters. The molecule has 20 heavy (non-hydrogen) atoms. The van der Waals surface area contributed by atoms with E-state index in [4.69, 9.17) is 0 Å². The lowest BCUT2D eigenvalue weighted by Gasteiger charge is -2.10. The van der Waals surface area contributed by atoms with Gasteiger partial charge in [-0.1, -0.05) is 41.6 Å². The standard InChI is InChI=1S/C15H20N4S/c1-4-16-13-9-14(19-15(18-13)20-3)17-10-12-7-5-6-11(2)8-12/h5-9H,4,10H2,1-3H3,(H2,16,17,18,19). The summed E-state index contributed by atoms with van der Waals surface area (Å²) < 4.78 is 0. The average Bonchev–Trinajstić information content (AvgIpc) is 2.45. The van der Waals surface area contributed by atoms with Crippen LogP contribution in [0.2, 0.25) is 0 Å². The van der Waals surface area contributed by atoms with E-state index in [9.17, 15) is 0 Å². The maximum atomic E-state index is 4.47. The molecule has 4 nitrogen and oxygen atoms in total. The Labute approximate surface area is 124 Å². The van der Waals surface area contributed by atoms with Gasteiger partial charge in [0.05, 0.1) is 0 Å². The van der Waals surface area contributed by atoms with Gasteiger partial charge in [0, 0.05) is 19.2 Å². The zero-order chi connectivity index (χ0) is 14.4. The minimum absolute atomic E-state index is 0.762. The van der Waals surface area contributed by atoms with Crippen LogP contribution in [-0.4, -0.2) is 22.8 Å². The second-order valence-electron chi connectivity index (χ2n) is 4.50. The third kappa shape index (κ3) is 4.13. The predicted molar refractivity (Wildman–Crippen MR) is 86.5 cm³/mol. The molecule has 0 spiro atoms. The van der Waals surface area contributed by atoms with Gasteiger partial charge in [-0.3, -0.25) is 0 Å². The molecule has 0 bridgehead atoms. The van der Waals surface area contributed by atoms with Crippen LogP contribution in [0.4, 0.5) is 11.6 Å². The van der Waals surface area contributed by atoms with Crippen molar-refractivity contribution in [2.45, 2.75) is 25.5 Å². The summed E-state index contributed by atoms with van der Waals surface area (Å²) in [4.78, 5) is 8.88. The highest BCUT2D eigenvalue weighted by atomic mass is 32.2. The SMILES string of the molecule is CCNc1cc(NCc2cccc(C)c2)nc(SC)n1. The number of hydrogen-bond acceptors (Lipinski definition) is 5. The van der Waals surface area contributed by atoms with Crippen LogP contribution >= 0.6 is 11.8 Å². The van der Waals surface area contributed by atoms with Crippen LogP contribution in [0.3, 0.4) is 0 Å². The summed E-state index contributed by atoms with van der Waals surface area (Å²) in [5.74, 6) is 1.71. The minimum atomic E-state index is 0.762. The van der Waals surface area contributed by atoms with E-state index in [0.29, 0.717) is 0 Å². The number of aryl methyl sites for hydroxylation is 1. The van der Waals surface area contributed by atoms with Crippen LogP contribution in [0.1, 0.15) is 18.1 Å². The number of nitrogens with zero attached hydrogens (tertiary/aromatic N) is 2. The molecule has 2 aromatic rings. The lowest BCUT2D eigenvalue weighted by atomic mass is 10.1. The highest BCUT2D eigenvalue weighted by Crippen LogP contribution is 2.18. The zero-order valence-electron chi connectivity index (χ0n) is 12.1. The molecule has 0 radical (unpaired) electrons. The largest absolute Gasteiger partial charge is 0.370 e. The third-order valence-electron chi connectivity index (χ3n) is 2.80. The Bertz CT molecular complexity index is 572. The molecule has 0 saturated carbocycles. The van der Waals surface area contributed by atoms with Gasteiger partial charge < -0.3 is 10.6 Å². The van der Waals surface area contributed by atoms with Gasteiger partial charge in [0.25, 0.3) is 0 Å². The van der Waals surface area contributed by atoms with E-state index >= 15 is 0 Å². The molecule has 2 rings (SSSR count). The highest BCUT2D eigenvalue weighted by Gasteiger charge is 2.03. The summed E-state index contributed by atoms with van der Waals surface area (Å²) in [6.07, 6.45) is 1.98. The van der Waals surface area contributed by atoms with Crippen molar-refractivity contribution in [2.75, 3.05) is 23.4 Å². The number of hydrogen-bond donors (Lipinski definition) is 2. The maximum Gasteiger partial charge on any atom is 0.191 e. The Kier molecular flexibility index (Phi) is 5.24. The van der Waals surface area contributed by atoms with Gasteiger partial charge in [0.15, 0.2) is 5.16 Å². The number of thioether (sulfide) groups is 1. The van der Waals surface area contributed by atoms with Gasteiger partial charge >= 0.3 is 0 Å². The lowest BCUT2D eigenvalue weighted by molar-refractivity contribution is 0.950. The summed E-state index contributed by atoms with van der Waals surface area (Å²) in [7, 11) is 0. The first-order valence-electron chi connectivity index (χ1n) is 6.67. The van der Waals surface area contributed by atoms with Crippen molar-refractivity contribution < 1.29 is 0 Å². The van der Waals surface area contributed by atoms with Gasteiger partial charge in [0.1, 0.15) is 11.6 Å². The molecule has 0 aliphatic carbocycles. The van der Waals surface area contributed by atoms with Crippen LogP contribution in [-0.2, 0) is 6.54 Å². The van der Waals surface area contributed by atoms with Crippen LogP contribution in [0, 0.1) is 6.92 Å².